The highest BCUT2D eigenvalue weighted by molar-refractivity contribution is 6.05. The van der Waals surface area contributed by atoms with Gasteiger partial charge in [-0.05, 0) is 42.3 Å². The number of hydrogen-bond donors (Lipinski definition) is 1. The van der Waals surface area contributed by atoms with E-state index in [9.17, 15) is 23.2 Å². The largest absolute Gasteiger partial charge is 0.488 e. The average Bonchev–Trinajstić information content (AvgIpc) is 3.37. The third-order valence-electron chi connectivity index (χ3n) is 8.45. The number of alkyl halides is 2. The van der Waals surface area contributed by atoms with Crippen LogP contribution in [0.3, 0.4) is 0 Å². The first-order valence-electron chi connectivity index (χ1n) is 14.8. The second-order valence-electron chi connectivity index (χ2n) is 11.3. The number of carbonyl (C=O) groups is 3. The molecule has 1 N–H and O–H groups in total. The standard InChI is InChI=1S/C33H30F3N5O5/c1-37-22-7-8-26(29(16-22)46-33(35)36)40-13-11-39(12-14-40)17-20-5-6-21(25(34)15-20)19-45-28-4-2-3-23-24(28)18-41(32(23)44)27-9-10-30(42)38-31(27)43/h2-8,15-16,27,33H,9-14,17-19H2,(H,38,42,43)/t27-/m0/s1. The molecule has 0 aliphatic carbocycles. The van der Waals surface area contributed by atoms with Crippen LogP contribution >= 0.6 is 0 Å². The summed E-state index contributed by atoms with van der Waals surface area (Å²) in [4.78, 5) is 45.8. The Morgan fingerprint density at radius 3 is 2.52 bits per heavy atom. The number of piperazine rings is 1. The number of fused-ring (bicyclic) bond motifs is 1. The van der Waals surface area contributed by atoms with E-state index in [1.165, 1.54) is 17.0 Å². The van der Waals surface area contributed by atoms with Crippen LogP contribution in [-0.4, -0.2) is 66.4 Å². The minimum absolute atomic E-state index is 0.0319. The monoisotopic (exact) mass is 633 g/mol. The highest BCUT2D eigenvalue weighted by Crippen LogP contribution is 2.36. The van der Waals surface area contributed by atoms with Gasteiger partial charge in [-0.2, -0.15) is 8.78 Å². The van der Waals surface area contributed by atoms with Gasteiger partial charge in [-0.25, -0.2) is 9.24 Å². The van der Waals surface area contributed by atoms with Crippen molar-refractivity contribution in [3.8, 4) is 11.5 Å². The van der Waals surface area contributed by atoms with Crippen molar-refractivity contribution >= 4 is 29.1 Å². The van der Waals surface area contributed by atoms with E-state index in [2.05, 4.69) is 19.8 Å². The Bertz CT molecular complexity index is 1720. The lowest BCUT2D eigenvalue weighted by atomic mass is 10.0. The predicted octanol–water partition coefficient (Wildman–Crippen LogP) is 4.64. The van der Waals surface area contributed by atoms with E-state index in [1.54, 1.807) is 36.4 Å². The Hall–Kier alpha value is -5.09. The molecule has 3 aromatic carbocycles. The molecule has 3 aromatic rings. The summed E-state index contributed by atoms with van der Waals surface area (Å²) in [7, 11) is 0. The number of ether oxygens (including phenoxy) is 2. The van der Waals surface area contributed by atoms with Gasteiger partial charge in [0.15, 0.2) is 5.69 Å². The van der Waals surface area contributed by atoms with Crippen LogP contribution in [0.5, 0.6) is 11.5 Å². The number of halogens is 3. The SMILES string of the molecule is [C-]#[N+]c1ccc(N2CCN(Cc3ccc(COc4cccc5c4CN([C@H]4CCC(=O)NC4=O)C5=O)c(F)c3)CC2)c(OC(F)F)c1. The van der Waals surface area contributed by atoms with Gasteiger partial charge in [0.2, 0.25) is 11.8 Å². The Morgan fingerprint density at radius 2 is 1.80 bits per heavy atom. The zero-order chi connectivity index (χ0) is 32.4. The summed E-state index contributed by atoms with van der Waals surface area (Å²) in [6.45, 7) is 7.01. The molecule has 13 heteroatoms. The first-order chi connectivity index (χ1) is 22.2. The molecule has 0 spiro atoms. The minimum Gasteiger partial charge on any atom is -0.488 e. The average molecular weight is 634 g/mol. The van der Waals surface area contributed by atoms with Crippen LogP contribution in [0.25, 0.3) is 4.85 Å². The lowest BCUT2D eigenvalue weighted by Gasteiger charge is -2.36. The van der Waals surface area contributed by atoms with Crippen LogP contribution in [0.2, 0.25) is 0 Å². The molecular formula is C33H30F3N5O5. The molecule has 1 atom stereocenters. The third-order valence-corrected chi connectivity index (χ3v) is 8.45. The summed E-state index contributed by atoms with van der Waals surface area (Å²) in [6.07, 6.45) is 0.410. The van der Waals surface area contributed by atoms with Gasteiger partial charge in [0.1, 0.15) is 30.0 Å². The van der Waals surface area contributed by atoms with E-state index in [0.29, 0.717) is 60.9 Å². The molecule has 6 rings (SSSR count). The van der Waals surface area contributed by atoms with E-state index in [1.807, 2.05) is 11.0 Å². The van der Waals surface area contributed by atoms with Gasteiger partial charge in [-0.1, -0.05) is 24.3 Å². The number of nitrogens with zero attached hydrogens (tertiary/aromatic N) is 4. The zero-order valence-corrected chi connectivity index (χ0v) is 24.7. The summed E-state index contributed by atoms with van der Waals surface area (Å²) in [6, 6.07) is 13.8. The summed E-state index contributed by atoms with van der Waals surface area (Å²) in [5.41, 5.74) is 2.85. The highest BCUT2D eigenvalue weighted by atomic mass is 19.3. The molecule has 3 heterocycles. The van der Waals surface area contributed by atoms with Gasteiger partial charge in [-0.3, -0.25) is 24.6 Å². The fraction of sp³-hybridized carbons (Fsp3) is 0.333. The van der Waals surface area contributed by atoms with Crippen molar-refractivity contribution < 1.29 is 37.0 Å². The first-order valence-corrected chi connectivity index (χ1v) is 14.8. The number of carbonyl (C=O) groups excluding carboxylic acids is 3. The number of nitrogens with one attached hydrogen (secondary N) is 1. The van der Waals surface area contributed by atoms with Gasteiger partial charge in [0.05, 0.1) is 18.8 Å². The minimum atomic E-state index is -3.00. The van der Waals surface area contributed by atoms with Crippen LogP contribution in [-0.2, 0) is 29.3 Å². The number of hydrogen-bond acceptors (Lipinski definition) is 7. The summed E-state index contributed by atoms with van der Waals surface area (Å²) < 4.78 is 51.8. The quantitative estimate of drug-likeness (QED) is 0.271. The van der Waals surface area contributed by atoms with Crippen LogP contribution in [0.1, 0.15) is 39.9 Å². The Balaban J connectivity index is 1.05. The number of imide groups is 1. The lowest BCUT2D eigenvalue weighted by molar-refractivity contribution is -0.136. The smallest absolute Gasteiger partial charge is 0.387 e. The maximum Gasteiger partial charge on any atom is 0.387 e. The molecule has 238 valence electrons. The molecule has 0 bridgehead atoms. The van der Waals surface area contributed by atoms with E-state index in [4.69, 9.17) is 11.3 Å². The molecule has 46 heavy (non-hydrogen) atoms. The number of amides is 3. The lowest BCUT2D eigenvalue weighted by Crippen LogP contribution is -2.52. The maximum atomic E-state index is 15.2. The van der Waals surface area contributed by atoms with Crippen LogP contribution in [0, 0.1) is 12.4 Å². The maximum absolute atomic E-state index is 15.2. The van der Waals surface area contributed by atoms with Crippen molar-refractivity contribution in [2.75, 3.05) is 31.1 Å². The van der Waals surface area contributed by atoms with Crippen LogP contribution in [0.4, 0.5) is 24.5 Å². The third kappa shape index (κ3) is 6.48. The summed E-state index contributed by atoms with van der Waals surface area (Å²) in [5.74, 6) is -1.21. The predicted molar refractivity (Wildman–Crippen MR) is 160 cm³/mol. The van der Waals surface area contributed by atoms with E-state index >= 15 is 4.39 Å². The number of benzene rings is 3. The topological polar surface area (TPSA) is 95.8 Å². The summed E-state index contributed by atoms with van der Waals surface area (Å²) >= 11 is 0. The van der Waals surface area contributed by atoms with Crippen molar-refractivity contribution in [2.24, 2.45) is 0 Å². The second-order valence-corrected chi connectivity index (χ2v) is 11.3. The van der Waals surface area contributed by atoms with Crippen LogP contribution < -0.4 is 19.7 Å². The molecule has 0 radical (unpaired) electrons. The Labute approximate surface area is 263 Å². The van der Waals surface area contributed by atoms with Gasteiger partial charge < -0.3 is 19.3 Å². The van der Waals surface area contributed by atoms with E-state index in [0.717, 1.165) is 5.56 Å². The van der Waals surface area contributed by atoms with Crippen LogP contribution in [0.15, 0.2) is 54.6 Å². The van der Waals surface area contributed by atoms with Gasteiger partial charge >= 0.3 is 6.61 Å². The molecular weight excluding hydrogens is 603 g/mol. The number of rotatable bonds is 9. The van der Waals surface area contributed by atoms with Gasteiger partial charge in [-0.15, -0.1) is 0 Å². The summed E-state index contributed by atoms with van der Waals surface area (Å²) in [5, 5.41) is 2.29. The van der Waals surface area contributed by atoms with Gasteiger partial charge in [0.25, 0.3) is 5.91 Å². The number of anilines is 1. The molecule has 3 aliphatic heterocycles. The normalized spacial score (nSPS) is 18.4. The van der Waals surface area contributed by atoms with Crippen molar-refractivity contribution in [3.63, 3.8) is 0 Å². The Morgan fingerprint density at radius 1 is 1.00 bits per heavy atom. The highest BCUT2D eigenvalue weighted by Gasteiger charge is 2.40. The molecule has 0 unspecified atom stereocenters. The van der Waals surface area contributed by atoms with Gasteiger partial charge in [0, 0.05) is 55.8 Å². The second kappa shape index (κ2) is 13.1. The van der Waals surface area contributed by atoms with Crippen molar-refractivity contribution in [3.05, 3.63) is 94.1 Å². The van der Waals surface area contributed by atoms with Crippen molar-refractivity contribution in [1.29, 1.82) is 0 Å². The molecule has 2 fully saturated rings. The molecule has 0 aromatic heterocycles. The van der Waals surface area contributed by atoms with E-state index < -0.39 is 24.4 Å². The molecule has 2 saturated heterocycles. The fourth-order valence-electron chi connectivity index (χ4n) is 6.08. The molecule has 0 saturated carbocycles. The molecule has 3 aliphatic rings. The first kappa shape index (κ1) is 30.9. The fourth-order valence-corrected chi connectivity index (χ4v) is 6.08. The van der Waals surface area contributed by atoms with E-state index in [-0.39, 0.29) is 49.2 Å². The number of piperidine rings is 1. The molecule has 10 nitrogen and oxygen atoms in total. The Kier molecular flexibility index (Phi) is 8.81. The van der Waals surface area contributed by atoms with Crippen molar-refractivity contribution in [1.82, 2.24) is 15.1 Å². The zero-order valence-electron chi connectivity index (χ0n) is 24.7. The van der Waals surface area contributed by atoms with Crippen molar-refractivity contribution in [2.45, 2.75) is 45.2 Å². The molecule has 3 amide bonds.